The number of nitrogens with one attached hydrogen (secondary N) is 1. The lowest BCUT2D eigenvalue weighted by Gasteiger charge is -2.08. The van der Waals surface area contributed by atoms with Gasteiger partial charge in [-0.1, -0.05) is 18.2 Å². The van der Waals surface area contributed by atoms with Crippen LogP contribution in [0.1, 0.15) is 16.1 Å². The number of amides is 1. The highest BCUT2D eigenvalue weighted by Gasteiger charge is 2.14. The Morgan fingerprint density at radius 3 is 2.55 bits per heavy atom. The first-order valence-corrected chi connectivity index (χ1v) is 10.0. The van der Waals surface area contributed by atoms with Gasteiger partial charge in [-0.2, -0.15) is 5.10 Å². The molecule has 1 N–H and O–H groups in total. The van der Waals surface area contributed by atoms with Gasteiger partial charge < -0.3 is 14.5 Å². The van der Waals surface area contributed by atoms with Crippen LogP contribution in [0.25, 0.3) is 16.8 Å². The molecule has 5 aromatic rings. The summed E-state index contributed by atoms with van der Waals surface area (Å²) < 4.78 is 12.6. The molecular weight excluding hydrogens is 422 g/mol. The third-order valence-electron chi connectivity index (χ3n) is 4.80. The smallest absolute Gasteiger partial charge is 0.349 e. The molecule has 2 aromatic carbocycles. The van der Waals surface area contributed by atoms with E-state index in [0.717, 1.165) is 5.69 Å². The van der Waals surface area contributed by atoms with Crippen molar-refractivity contribution < 1.29 is 13.9 Å². The van der Waals surface area contributed by atoms with Gasteiger partial charge in [0.2, 0.25) is 5.88 Å². The monoisotopic (exact) mass is 439 g/mol. The van der Waals surface area contributed by atoms with Crippen molar-refractivity contribution in [3.05, 3.63) is 101 Å². The van der Waals surface area contributed by atoms with Crippen molar-refractivity contribution in [1.29, 1.82) is 0 Å². The Morgan fingerprint density at radius 2 is 1.82 bits per heavy atom. The van der Waals surface area contributed by atoms with E-state index in [1.807, 2.05) is 13.0 Å². The molecule has 0 saturated heterocycles. The molecule has 0 aliphatic heterocycles. The van der Waals surface area contributed by atoms with Gasteiger partial charge in [0.15, 0.2) is 5.82 Å². The summed E-state index contributed by atoms with van der Waals surface area (Å²) >= 11 is 0. The summed E-state index contributed by atoms with van der Waals surface area (Å²) in [5.74, 6) is 0.841. The molecule has 0 unspecified atom stereocenters. The van der Waals surface area contributed by atoms with Crippen LogP contribution in [0.15, 0.2) is 88.2 Å². The number of nitrogens with zero attached hydrogens (tertiary/aromatic N) is 4. The molecular formula is C24H17N5O4. The lowest BCUT2D eigenvalue weighted by molar-refractivity contribution is 0.102. The van der Waals surface area contributed by atoms with E-state index in [1.165, 1.54) is 6.07 Å². The topological polar surface area (TPSA) is 112 Å². The predicted octanol–water partition coefficient (Wildman–Crippen LogP) is 4.12. The Kier molecular flexibility index (Phi) is 5.12. The van der Waals surface area contributed by atoms with E-state index in [2.05, 4.69) is 20.6 Å². The molecule has 162 valence electrons. The van der Waals surface area contributed by atoms with E-state index in [4.69, 9.17) is 9.15 Å². The third-order valence-corrected chi connectivity index (χ3v) is 4.80. The molecule has 33 heavy (non-hydrogen) atoms. The zero-order valence-electron chi connectivity index (χ0n) is 17.4. The molecule has 0 saturated carbocycles. The van der Waals surface area contributed by atoms with Crippen molar-refractivity contribution in [3.8, 4) is 17.4 Å². The maximum Gasteiger partial charge on any atom is 0.349 e. The lowest BCUT2D eigenvalue weighted by Crippen LogP contribution is -2.20. The summed E-state index contributed by atoms with van der Waals surface area (Å²) in [6.45, 7) is 1.89. The molecule has 3 aromatic heterocycles. The fraction of sp³-hybridized carbons (Fsp3) is 0.0417. The highest BCUT2D eigenvalue weighted by Crippen LogP contribution is 2.22. The van der Waals surface area contributed by atoms with E-state index < -0.39 is 11.5 Å². The Hall–Kier alpha value is -4.79. The number of ether oxygens (including phenoxy) is 1. The summed E-state index contributed by atoms with van der Waals surface area (Å²) in [6.07, 6.45) is 1.80. The number of aryl methyl sites for hydroxylation is 1. The highest BCUT2D eigenvalue weighted by atomic mass is 16.5. The van der Waals surface area contributed by atoms with Crippen molar-refractivity contribution in [3.63, 3.8) is 0 Å². The lowest BCUT2D eigenvalue weighted by atomic mass is 10.1. The number of para-hydroxylation sites is 1. The first-order chi connectivity index (χ1) is 16.0. The van der Waals surface area contributed by atoms with Gasteiger partial charge in [-0.3, -0.25) is 4.79 Å². The van der Waals surface area contributed by atoms with Crippen LogP contribution in [0.5, 0.6) is 11.6 Å². The van der Waals surface area contributed by atoms with Crippen LogP contribution >= 0.6 is 0 Å². The molecule has 0 bridgehead atoms. The standard InChI is InChI=1S/C24H17N5O4/c1-15-12-13-29(28-15)21-10-11-22(27-26-21)32-18-8-6-17(7-9-18)25-23(30)19-14-16-4-2-3-5-20(16)33-24(19)31/h2-14H,1H3,(H,25,30). The minimum Gasteiger partial charge on any atom is -0.438 e. The van der Waals surface area contributed by atoms with Crippen molar-refractivity contribution >= 4 is 22.6 Å². The minimum atomic E-state index is -0.696. The van der Waals surface area contributed by atoms with Gasteiger partial charge >= 0.3 is 5.63 Å². The summed E-state index contributed by atoms with van der Waals surface area (Å²) in [6, 6.07) is 20.5. The minimum absolute atomic E-state index is 0.0724. The molecule has 0 aliphatic rings. The van der Waals surface area contributed by atoms with Gasteiger partial charge in [-0.15, -0.1) is 10.2 Å². The largest absolute Gasteiger partial charge is 0.438 e. The summed E-state index contributed by atoms with van der Waals surface area (Å²) in [5.41, 5.74) is 1.04. The summed E-state index contributed by atoms with van der Waals surface area (Å²) in [5, 5.41) is 15.8. The fourth-order valence-electron chi connectivity index (χ4n) is 3.18. The van der Waals surface area contributed by atoms with Crippen LogP contribution in [-0.2, 0) is 0 Å². The Bertz CT molecular complexity index is 1500. The van der Waals surface area contributed by atoms with Crippen LogP contribution in [0.4, 0.5) is 5.69 Å². The number of hydrogen-bond acceptors (Lipinski definition) is 7. The van der Waals surface area contributed by atoms with Gasteiger partial charge in [0, 0.05) is 23.3 Å². The Morgan fingerprint density at radius 1 is 1.00 bits per heavy atom. The number of benzene rings is 2. The average Bonchev–Trinajstić information content (AvgIpc) is 3.26. The molecule has 0 radical (unpaired) electrons. The number of fused-ring (bicyclic) bond motifs is 1. The highest BCUT2D eigenvalue weighted by molar-refractivity contribution is 6.05. The fourth-order valence-corrected chi connectivity index (χ4v) is 3.18. The first kappa shape index (κ1) is 20.1. The van der Waals surface area contributed by atoms with Crippen molar-refractivity contribution in [2.45, 2.75) is 6.92 Å². The van der Waals surface area contributed by atoms with Gasteiger partial charge in [0.05, 0.1) is 5.69 Å². The predicted molar refractivity (Wildman–Crippen MR) is 121 cm³/mol. The van der Waals surface area contributed by atoms with Crippen LogP contribution < -0.4 is 15.7 Å². The molecule has 1 amide bonds. The zero-order chi connectivity index (χ0) is 22.8. The van der Waals surface area contributed by atoms with E-state index in [1.54, 1.807) is 71.5 Å². The maximum atomic E-state index is 12.6. The molecule has 5 rings (SSSR count). The van der Waals surface area contributed by atoms with Crippen LogP contribution in [0, 0.1) is 6.92 Å². The van der Waals surface area contributed by atoms with Gasteiger partial charge in [-0.25, -0.2) is 9.48 Å². The van der Waals surface area contributed by atoms with Crippen molar-refractivity contribution in [2.24, 2.45) is 0 Å². The van der Waals surface area contributed by atoms with E-state index in [0.29, 0.717) is 34.1 Å². The second kappa shape index (κ2) is 8.39. The molecule has 9 nitrogen and oxygen atoms in total. The van der Waals surface area contributed by atoms with Crippen LogP contribution in [-0.4, -0.2) is 25.9 Å². The normalized spacial score (nSPS) is 10.8. The number of anilines is 1. The van der Waals surface area contributed by atoms with Crippen molar-refractivity contribution in [1.82, 2.24) is 20.0 Å². The molecule has 9 heteroatoms. The Labute approximate surface area is 187 Å². The first-order valence-electron chi connectivity index (χ1n) is 10.0. The van der Waals surface area contributed by atoms with Crippen molar-refractivity contribution in [2.75, 3.05) is 5.32 Å². The average molecular weight is 439 g/mol. The third kappa shape index (κ3) is 4.33. The van der Waals surface area contributed by atoms with Gasteiger partial charge in [-0.05, 0) is 55.5 Å². The van der Waals surface area contributed by atoms with E-state index in [-0.39, 0.29) is 5.56 Å². The number of hydrogen-bond donors (Lipinski definition) is 1. The van der Waals surface area contributed by atoms with E-state index >= 15 is 0 Å². The quantitative estimate of drug-likeness (QED) is 0.410. The number of aromatic nitrogens is 4. The molecule has 0 fully saturated rings. The summed E-state index contributed by atoms with van der Waals surface area (Å²) in [7, 11) is 0. The number of carbonyl (C=O) groups is 1. The van der Waals surface area contributed by atoms with Gasteiger partial charge in [0.1, 0.15) is 16.9 Å². The second-order valence-electron chi connectivity index (χ2n) is 7.20. The second-order valence-corrected chi connectivity index (χ2v) is 7.20. The molecule has 0 spiro atoms. The molecule has 0 aliphatic carbocycles. The van der Waals surface area contributed by atoms with Gasteiger partial charge in [0.25, 0.3) is 5.91 Å². The van der Waals surface area contributed by atoms with Crippen LogP contribution in [0.2, 0.25) is 0 Å². The van der Waals surface area contributed by atoms with Crippen LogP contribution in [0.3, 0.4) is 0 Å². The number of rotatable bonds is 5. The maximum absolute atomic E-state index is 12.6. The summed E-state index contributed by atoms with van der Waals surface area (Å²) in [4.78, 5) is 24.7. The zero-order valence-corrected chi connectivity index (χ0v) is 17.4. The Balaban J connectivity index is 1.26. The number of carbonyl (C=O) groups excluding carboxylic acids is 1. The molecule has 3 heterocycles. The SMILES string of the molecule is Cc1ccn(-c2ccc(Oc3ccc(NC(=O)c4cc5ccccc5oc4=O)cc3)nn2)n1. The molecule has 0 atom stereocenters. The van der Waals surface area contributed by atoms with E-state index in [9.17, 15) is 9.59 Å².